The molecule has 34 heavy (non-hydrogen) atoms. The fourth-order valence-corrected chi connectivity index (χ4v) is 4.93. The molecule has 0 aromatic heterocycles. The van der Waals surface area contributed by atoms with E-state index in [9.17, 15) is 19.8 Å². The van der Waals surface area contributed by atoms with Gasteiger partial charge in [-0.3, -0.25) is 4.79 Å². The quantitative estimate of drug-likeness (QED) is 0.450. The Labute approximate surface area is 199 Å². The molecule has 0 amide bonds. The average Bonchev–Trinajstić information content (AvgIpc) is 2.85. The minimum atomic E-state index is -1.48. The predicted molar refractivity (Wildman–Crippen MR) is 132 cm³/mol. The fourth-order valence-electron chi connectivity index (χ4n) is 4.93. The third kappa shape index (κ3) is 4.37. The Bertz CT molecular complexity index is 1220. The van der Waals surface area contributed by atoms with E-state index >= 15 is 0 Å². The number of nitrogens with one attached hydrogen (secondary N) is 1. The number of carboxylic acids is 2. The van der Waals surface area contributed by atoms with Crippen molar-refractivity contribution in [2.45, 2.75) is 19.4 Å². The summed E-state index contributed by atoms with van der Waals surface area (Å²) in [6, 6.07) is 27.6. The summed E-state index contributed by atoms with van der Waals surface area (Å²) in [5, 5.41) is 24.3. The number of benzene rings is 3. The van der Waals surface area contributed by atoms with Gasteiger partial charge in [0.2, 0.25) is 0 Å². The van der Waals surface area contributed by atoms with Crippen LogP contribution in [0.2, 0.25) is 0 Å². The summed E-state index contributed by atoms with van der Waals surface area (Å²) in [6.07, 6.45) is 3.72. The molecule has 3 aromatic carbocycles. The Kier molecular flexibility index (Phi) is 6.64. The Balaban J connectivity index is 1.97. The highest BCUT2D eigenvalue weighted by Crippen LogP contribution is 2.51. The van der Waals surface area contributed by atoms with Crippen LogP contribution in [-0.2, 0) is 16.0 Å². The molecule has 0 aliphatic carbocycles. The van der Waals surface area contributed by atoms with E-state index in [1.54, 1.807) is 13.0 Å². The minimum Gasteiger partial charge on any atom is -0.481 e. The van der Waals surface area contributed by atoms with Crippen LogP contribution in [-0.4, -0.2) is 22.2 Å². The van der Waals surface area contributed by atoms with Gasteiger partial charge in [-0.15, -0.1) is 0 Å². The van der Waals surface area contributed by atoms with Crippen LogP contribution < -0.4 is 5.32 Å². The molecule has 1 aliphatic rings. The lowest BCUT2D eigenvalue weighted by Crippen LogP contribution is -2.54. The van der Waals surface area contributed by atoms with Crippen LogP contribution in [0.25, 0.3) is 6.08 Å². The van der Waals surface area contributed by atoms with Gasteiger partial charge in [-0.05, 0) is 30.0 Å². The number of aliphatic carboxylic acids is 2. The number of allylic oxidation sites excluding steroid dienone is 2. The maximum atomic E-state index is 13.3. The first kappa shape index (κ1) is 23.1. The topological polar surface area (TPSA) is 86.6 Å². The van der Waals surface area contributed by atoms with Crippen LogP contribution in [0.3, 0.4) is 0 Å². The summed E-state index contributed by atoms with van der Waals surface area (Å²) in [4.78, 5) is 25.7. The highest BCUT2D eigenvalue weighted by atomic mass is 16.4. The molecule has 5 nitrogen and oxygen atoms in total. The van der Waals surface area contributed by atoms with Gasteiger partial charge in [-0.1, -0.05) is 103 Å². The van der Waals surface area contributed by atoms with Crippen molar-refractivity contribution in [3.05, 3.63) is 125 Å². The average molecular weight is 454 g/mol. The Morgan fingerprint density at radius 2 is 1.44 bits per heavy atom. The van der Waals surface area contributed by atoms with Crippen LogP contribution in [0.15, 0.2) is 108 Å². The fraction of sp³-hybridized carbons (Fsp3) is 0.172. The third-order valence-electron chi connectivity index (χ3n) is 6.53. The zero-order chi connectivity index (χ0) is 24.1. The van der Waals surface area contributed by atoms with Gasteiger partial charge >= 0.3 is 11.9 Å². The Morgan fingerprint density at radius 3 is 2.00 bits per heavy atom. The maximum absolute atomic E-state index is 13.3. The van der Waals surface area contributed by atoms with Crippen molar-refractivity contribution in [2.24, 2.45) is 11.3 Å². The SMILES string of the molecule is CC1=C(C(=O)O)C(/C=C/c2ccccc2)C(Cc2ccccc2)(C(=O)O)C(c2ccccc2)N1. The maximum Gasteiger partial charge on any atom is 0.333 e. The van der Waals surface area contributed by atoms with Crippen LogP contribution in [0, 0.1) is 11.3 Å². The molecule has 3 unspecified atom stereocenters. The standard InChI is InChI=1S/C29H27NO4/c1-20-25(27(31)32)24(18-17-21-11-5-2-6-12-21)29(28(33)34,19-22-13-7-3-8-14-22)26(30-20)23-15-9-4-10-16-23/h2-18,24,26,30H,19H2,1H3,(H,31,32)(H,33,34)/b18-17+. The second-order valence-corrected chi connectivity index (χ2v) is 8.59. The van der Waals surface area contributed by atoms with Gasteiger partial charge in [0.05, 0.1) is 11.6 Å². The molecule has 0 saturated heterocycles. The Hall–Kier alpha value is -4.12. The van der Waals surface area contributed by atoms with Gasteiger partial charge < -0.3 is 15.5 Å². The number of rotatable bonds is 7. The molecule has 1 aliphatic heterocycles. The van der Waals surface area contributed by atoms with E-state index in [-0.39, 0.29) is 12.0 Å². The summed E-state index contributed by atoms with van der Waals surface area (Å²) in [6.45, 7) is 1.71. The van der Waals surface area contributed by atoms with Gasteiger partial charge in [-0.25, -0.2) is 4.79 Å². The first-order valence-corrected chi connectivity index (χ1v) is 11.2. The monoisotopic (exact) mass is 453 g/mol. The van der Waals surface area contributed by atoms with E-state index < -0.39 is 29.3 Å². The zero-order valence-electron chi connectivity index (χ0n) is 18.9. The van der Waals surface area contributed by atoms with Gasteiger partial charge in [0.1, 0.15) is 5.41 Å². The molecule has 0 spiro atoms. The molecule has 1 heterocycles. The van der Waals surface area contributed by atoms with E-state index in [0.717, 1.165) is 16.7 Å². The molecule has 0 fully saturated rings. The molecule has 3 atom stereocenters. The van der Waals surface area contributed by atoms with E-state index in [2.05, 4.69) is 5.32 Å². The number of carboxylic acid groups (broad SMARTS) is 2. The second kappa shape index (κ2) is 9.79. The van der Waals surface area contributed by atoms with Crippen LogP contribution in [0.5, 0.6) is 0 Å². The first-order chi connectivity index (χ1) is 16.4. The van der Waals surface area contributed by atoms with Crippen LogP contribution in [0.4, 0.5) is 0 Å². The molecule has 4 rings (SSSR count). The molecule has 3 N–H and O–H groups in total. The smallest absolute Gasteiger partial charge is 0.333 e. The molecule has 0 bridgehead atoms. The normalized spacial score (nSPS) is 22.4. The summed E-state index contributed by atoms with van der Waals surface area (Å²) in [5.74, 6) is -3.06. The van der Waals surface area contributed by atoms with Crippen molar-refractivity contribution in [2.75, 3.05) is 0 Å². The number of carbonyl (C=O) groups is 2. The largest absolute Gasteiger partial charge is 0.481 e. The van der Waals surface area contributed by atoms with Gasteiger partial charge in [0.15, 0.2) is 0 Å². The highest BCUT2D eigenvalue weighted by molar-refractivity contribution is 5.92. The van der Waals surface area contributed by atoms with E-state index in [4.69, 9.17) is 0 Å². The third-order valence-corrected chi connectivity index (χ3v) is 6.53. The van der Waals surface area contributed by atoms with E-state index in [1.165, 1.54) is 0 Å². The lowest BCUT2D eigenvalue weighted by Gasteiger charge is -2.47. The molecule has 3 aromatic rings. The lowest BCUT2D eigenvalue weighted by molar-refractivity contribution is -0.154. The van der Waals surface area contributed by atoms with Crippen molar-refractivity contribution in [1.29, 1.82) is 0 Å². The zero-order valence-corrected chi connectivity index (χ0v) is 18.9. The molecule has 172 valence electrons. The summed E-state index contributed by atoms with van der Waals surface area (Å²) in [5.41, 5.74) is 1.55. The first-order valence-electron chi connectivity index (χ1n) is 11.2. The minimum absolute atomic E-state index is 0.0673. The van der Waals surface area contributed by atoms with Crippen molar-refractivity contribution in [1.82, 2.24) is 5.32 Å². The highest BCUT2D eigenvalue weighted by Gasteiger charge is 2.56. The van der Waals surface area contributed by atoms with Crippen LogP contribution >= 0.6 is 0 Å². The number of hydrogen-bond donors (Lipinski definition) is 3. The molecule has 0 saturated carbocycles. The van der Waals surface area contributed by atoms with Gasteiger partial charge in [0.25, 0.3) is 0 Å². The predicted octanol–water partition coefficient (Wildman–Crippen LogP) is 5.33. The summed E-state index contributed by atoms with van der Waals surface area (Å²) < 4.78 is 0. The van der Waals surface area contributed by atoms with E-state index in [0.29, 0.717) is 5.70 Å². The van der Waals surface area contributed by atoms with Gasteiger partial charge in [0, 0.05) is 11.6 Å². The van der Waals surface area contributed by atoms with Crippen molar-refractivity contribution in [3.63, 3.8) is 0 Å². The van der Waals surface area contributed by atoms with Crippen LogP contribution in [0.1, 0.15) is 29.7 Å². The Morgan fingerprint density at radius 1 is 0.882 bits per heavy atom. The molecule has 0 radical (unpaired) electrons. The van der Waals surface area contributed by atoms with Crippen molar-refractivity contribution >= 4 is 18.0 Å². The van der Waals surface area contributed by atoms with Crippen molar-refractivity contribution < 1.29 is 19.8 Å². The molecule has 5 heteroatoms. The lowest BCUT2D eigenvalue weighted by atomic mass is 9.60. The second-order valence-electron chi connectivity index (χ2n) is 8.59. The van der Waals surface area contributed by atoms with E-state index in [1.807, 2.05) is 97.1 Å². The molecular weight excluding hydrogens is 426 g/mol. The summed E-state index contributed by atoms with van der Waals surface area (Å²) in [7, 11) is 0. The number of hydrogen-bond acceptors (Lipinski definition) is 3. The summed E-state index contributed by atoms with van der Waals surface area (Å²) >= 11 is 0. The van der Waals surface area contributed by atoms with Gasteiger partial charge in [-0.2, -0.15) is 0 Å². The molecular formula is C29H27NO4. The van der Waals surface area contributed by atoms with Crippen molar-refractivity contribution in [3.8, 4) is 0 Å².